The average Bonchev–Trinajstić information content (AvgIpc) is 2.87. The molecule has 0 spiro atoms. The van der Waals surface area contributed by atoms with Gasteiger partial charge in [-0.3, -0.25) is 4.79 Å². The first-order valence-corrected chi connectivity index (χ1v) is 6.69. The molecule has 108 valence electrons. The molecule has 20 heavy (non-hydrogen) atoms. The zero-order valence-electron chi connectivity index (χ0n) is 11.7. The number of rotatable bonds is 4. The van der Waals surface area contributed by atoms with Gasteiger partial charge in [0.2, 0.25) is 5.91 Å². The van der Waals surface area contributed by atoms with E-state index in [1.54, 1.807) is 32.2 Å². The molecule has 1 fully saturated rings. The van der Waals surface area contributed by atoms with Gasteiger partial charge in [-0.2, -0.15) is 0 Å². The predicted molar refractivity (Wildman–Crippen MR) is 74.3 cm³/mol. The minimum Gasteiger partial charge on any atom is -0.459 e. The van der Waals surface area contributed by atoms with E-state index in [0.29, 0.717) is 30.9 Å². The summed E-state index contributed by atoms with van der Waals surface area (Å²) in [5.41, 5.74) is 5.75. The lowest BCUT2D eigenvalue weighted by Gasteiger charge is -2.20. The molecule has 0 bridgehead atoms. The maximum Gasteiger partial charge on any atom is 0.342 e. The molecule has 0 aliphatic carbocycles. The zero-order valence-corrected chi connectivity index (χ0v) is 11.7. The van der Waals surface area contributed by atoms with Crippen molar-refractivity contribution in [3.63, 3.8) is 0 Å². The molecule has 2 heterocycles. The van der Waals surface area contributed by atoms with Crippen LogP contribution in [0, 0.1) is 5.92 Å². The average molecular weight is 277 g/mol. The Morgan fingerprint density at radius 1 is 1.50 bits per heavy atom. The number of nitrogens with two attached hydrogens (primary N) is 1. The van der Waals surface area contributed by atoms with Crippen molar-refractivity contribution >= 4 is 17.7 Å². The summed E-state index contributed by atoms with van der Waals surface area (Å²) in [6, 6.07) is 3.38. The van der Waals surface area contributed by atoms with Gasteiger partial charge in [0.1, 0.15) is 11.4 Å². The van der Waals surface area contributed by atoms with Crippen LogP contribution in [0.1, 0.15) is 30.6 Å². The van der Waals surface area contributed by atoms with Crippen molar-refractivity contribution in [2.24, 2.45) is 11.7 Å². The van der Waals surface area contributed by atoms with Crippen LogP contribution < -0.4 is 10.6 Å². The largest absolute Gasteiger partial charge is 0.459 e. The molecule has 1 aliphatic heterocycles. The van der Waals surface area contributed by atoms with E-state index in [0.717, 1.165) is 0 Å². The highest BCUT2D eigenvalue weighted by Crippen LogP contribution is 2.25. The first-order valence-electron chi connectivity index (χ1n) is 6.69. The van der Waals surface area contributed by atoms with Gasteiger partial charge in [-0.1, -0.05) is 0 Å². The van der Waals surface area contributed by atoms with E-state index in [4.69, 9.17) is 10.5 Å². The quantitative estimate of drug-likeness (QED) is 0.828. The molecule has 2 rings (SSSR count). The van der Waals surface area contributed by atoms with Crippen LogP contribution in [0.3, 0.4) is 0 Å². The van der Waals surface area contributed by atoms with Gasteiger partial charge in [-0.05, 0) is 32.4 Å². The number of anilines is 1. The molecule has 6 heteroatoms. The number of hydrogen-bond acceptors (Lipinski definition) is 5. The van der Waals surface area contributed by atoms with Crippen molar-refractivity contribution in [2.45, 2.75) is 26.4 Å². The van der Waals surface area contributed by atoms with Crippen LogP contribution in [0.2, 0.25) is 0 Å². The maximum absolute atomic E-state index is 12.1. The van der Waals surface area contributed by atoms with Crippen molar-refractivity contribution in [2.75, 3.05) is 18.0 Å². The van der Waals surface area contributed by atoms with Crippen LogP contribution in [0.15, 0.2) is 18.3 Å². The normalized spacial score (nSPS) is 18.4. The number of pyridine rings is 1. The van der Waals surface area contributed by atoms with E-state index in [9.17, 15) is 9.59 Å². The summed E-state index contributed by atoms with van der Waals surface area (Å²) in [4.78, 5) is 29.5. The molecule has 1 unspecified atom stereocenters. The number of carbonyl (C=O) groups is 2. The Hall–Kier alpha value is -2.11. The lowest BCUT2D eigenvalue weighted by Crippen LogP contribution is -2.29. The fraction of sp³-hybridized carbons (Fsp3) is 0.500. The van der Waals surface area contributed by atoms with Crippen LogP contribution in [-0.4, -0.2) is 36.1 Å². The molecule has 1 amide bonds. The lowest BCUT2D eigenvalue weighted by atomic mass is 10.1. The number of carbonyl (C=O) groups excluding carboxylic acids is 2. The van der Waals surface area contributed by atoms with Crippen molar-refractivity contribution in [3.05, 3.63) is 23.9 Å². The van der Waals surface area contributed by atoms with Crippen LogP contribution in [-0.2, 0) is 9.53 Å². The summed E-state index contributed by atoms with van der Waals surface area (Å²) < 4.78 is 5.21. The van der Waals surface area contributed by atoms with Crippen molar-refractivity contribution in [1.29, 1.82) is 0 Å². The molecule has 1 aromatic rings. The third kappa shape index (κ3) is 3.07. The Bertz CT molecular complexity index is 516. The summed E-state index contributed by atoms with van der Waals surface area (Å²) in [5.74, 6) is -0.340. The van der Waals surface area contributed by atoms with Gasteiger partial charge in [-0.15, -0.1) is 0 Å². The smallest absolute Gasteiger partial charge is 0.342 e. The van der Waals surface area contributed by atoms with Gasteiger partial charge >= 0.3 is 5.97 Å². The summed E-state index contributed by atoms with van der Waals surface area (Å²) in [5, 5.41) is 0. The zero-order chi connectivity index (χ0) is 14.7. The fourth-order valence-corrected chi connectivity index (χ4v) is 2.27. The number of aromatic nitrogens is 1. The number of primary amides is 1. The Morgan fingerprint density at radius 2 is 2.25 bits per heavy atom. The monoisotopic (exact) mass is 277 g/mol. The van der Waals surface area contributed by atoms with Crippen molar-refractivity contribution in [1.82, 2.24) is 4.98 Å². The second kappa shape index (κ2) is 5.90. The number of hydrogen-bond donors (Lipinski definition) is 1. The molecule has 1 atom stereocenters. The van der Waals surface area contributed by atoms with Gasteiger partial charge in [0.15, 0.2) is 0 Å². The minimum absolute atomic E-state index is 0.187. The maximum atomic E-state index is 12.1. The number of amides is 1. The van der Waals surface area contributed by atoms with E-state index in [1.165, 1.54) is 0 Å². The highest BCUT2D eigenvalue weighted by atomic mass is 16.5. The predicted octanol–water partition coefficient (Wildman–Crippen LogP) is 0.958. The molecule has 0 radical (unpaired) electrons. The van der Waals surface area contributed by atoms with E-state index >= 15 is 0 Å². The summed E-state index contributed by atoms with van der Waals surface area (Å²) in [7, 11) is 0. The van der Waals surface area contributed by atoms with Crippen LogP contribution in [0.5, 0.6) is 0 Å². The Morgan fingerprint density at radius 3 is 2.85 bits per heavy atom. The van der Waals surface area contributed by atoms with Gasteiger partial charge in [0, 0.05) is 19.3 Å². The standard InChI is InChI=1S/C14H19N3O3/c1-9(2)20-14(19)11-4-3-6-16-13(11)17-7-5-10(8-17)12(15)18/h3-4,6,9-10H,5,7-8H2,1-2H3,(H2,15,18). The topological polar surface area (TPSA) is 85.5 Å². The number of ether oxygens (including phenoxy) is 1. The summed E-state index contributed by atoms with van der Waals surface area (Å²) in [6.07, 6.45) is 2.12. The molecule has 0 saturated carbocycles. The molecule has 1 aromatic heterocycles. The van der Waals surface area contributed by atoms with Gasteiger partial charge in [0.25, 0.3) is 0 Å². The first-order chi connectivity index (χ1) is 9.49. The molecule has 2 N–H and O–H groups in total. The first kappa shape index (κ1) is 14.3. The van der Waals surface area contributed by atoms with Crippen molar-refractivity contribution in [3.8, 4) is 0 Å². The van der Waals surface area contributed by atoms with Gasteiger partial charge < -0.3 is 15.4 Å². The second-order valence-electron chi connectivity index (χ2n) is 5.16. The fourth-order valence-electron chi connectivity index (χ4n) is 2.27. The Labute approximate surface area is 117 Å². The van der Waals surface area contributed by atoms with E-state index in [-0.39, 0.29) is 17.9 Å². The van der Waals surface area contributed by atoms with Crippen LogP contribution in [0.25, 0.3) is 0 Å². The Balaban J connectivity index is 2.20. The number of esters is 1. The molecular formula is C14H19N3O3. The number of nitrogens with zero attached hydrogens (tertiary/aromatic N) is 2. The van der Waals surface area contributed by atoms with Gasteiger partial charge in [-0.25, -0.2) is 9.78 Å². The SMILES string of the molecule is CC(C)OC(=O)c1cccnc1N1CCC(C(N)=O)C1. The van der Waals surface area contributed by atoms with E-state index in [2.05, 4.69) is 4.98 Å². The molecule has 1 aliphatic rings. The third-order valence-electron chi connectivity index (χ3n) is 3.24. The van der Waals surface area contributed by atoms with Gasteiger partial charge in [0.05, 0.1) is 12.0 Å². The molecule has 0 aromatic carbocycles. The molecule has 1 saturated heterocycles. The summed E-state index contributed by atoms with van der Waals surface area (Å²) in [6.45, 7) is 4.75. The van der Waals surface area contributed by atoms with E-state index in [1.807, 2.05) is 4.90 Å². The second-order valence-corrected chi connectivity index (χ2v) is 5.16. The highest BCUT2D eigenvalue weighted by molar-refractivity contribution is 5.95. The van der Waals surface area contributed by atoms with E-state index < -0.39 is 5.97 Å². The molecule has 6 nitrogen and oxygen atoms in total. The summed E-state index contributed by atoms with van der Waals surface area (Å²) >= 11 is 0. The van der Waals surface area contributed by atoms with Crippen LogP contribution in [0.4, 0.5) is 5.82 Å². The Kier molecular flexibility index (Phi) is 4.22. The lowest BCUT2D eigenvalue weighted by molar-refractivity contribution is -0.121. The molecular weight excluding hydrogens is 258 g/mol. The third-order valence-corrected chi connectivity index (χ3v) is 3.24. The minimum atomic E-state index is -0.398. The van der Waals surface area contributed by atoms with Crippen molar-refractivity contribution < 1.29 is 14.3 Å². The highest BCUT2D eigenvalue weighted by Gasteiger charge is 2.30. The van der Waals surface area contributed by atoms with Crippen LogP contribution >= 0.6 is 0 Å².